The summed E-state index contributed by atoms with van der Waals surface area (Å²) in [4.78, 5) is 15.3. The van der Waals surface area contributed by atoms with Gasteiger partial charge in [0.15, 0.2) is 0 Å². The maximum Gasteiger partial charge on any atom is 0.229 e. The van der Waals surface area contributed by atoms with Gasteiger partial charge in [0, 0.05) is 38.6 Å². The second-order valence-corrected chi connectivity index (χ2v) is 6.77. The fourth-order valence-corrected chi connectivity index (χ4v) is 3.92. The zero-order chi connectivity index (χ0) is 16.1. The van der Waals surface area contributed by atoms with Crippen LogP contribution in [0.25, 0.3) is 0 Å². The molecular weight excluding hydrogens is 286 g/mol. The van der Waals surface area contributed by atoms with Gasteiger partial charge in [-0.05, 0) is 31.2 Å². The molecule has 0 N–H and O–H groups in total. The molecule has 3 heteroatoms. The molecule has 0 spiro atoms. The van der Waals surface area contributed by atoms with E-state index >= 15 is 0 Å². The smallest absolute Gasteiger partial charge is 0.229 e. The quantitative estimate of drug-likeness (QED) is 0.802. The molecule has 0 saturated carbocycles. The lowest BCUT2D eigenvalue weighted by molar-refractivity contribution is -0.149. The fourth-order valence-electron chi connectivity index (χ4n) is 3.92. The Morgan fingerprint density at radius 2 is 2.04 bits per heavy atom. The van der Waals surface area contributed by atoms with E-state index in [4.69, 9.17) is 11.2 Å². The van der Waals surface area contributed by atoms with Gasteiger partial charge in [-0.2, -0.15) is 0 Å². The van der Waals surface area contributed by atoms with E-state index in [9.17, 15) is 4.79 Å². The molecule has 2 aliphatic heterocycles. The highest BCUT2D eigenvalue weighted by Crippen LogP contribution is 2.38. The fraction of sp³-hybridized carbons (Fsp3) is 0.550. The van der Waals surface area contributed by atoms with Gasteiger partial charge < -0.3 is 9.64 Å². The second kappa shape index (κ2) is 7.19. The molecule has 1 aromatic carbocycles. The van der Waals surface area contributed by atoms with Crippen molar-refractivity contribution in [3.63, 3.8) is 0 Å². The Labute approximate surface area is 139 Å². The van der Waals surface area contributed by atoms with Crippen molar-refractivity contribution in [2.45, 2.75) is 38.0 Å². The van der Waals surface area contributed by atoms with Crippen LogP contribution in [0.2, 0.25) is 0 Å². The summed E-state index contributed by atoms with van der Waals surface area (Å²) in [5.74, 6) is 3.43. The molecule has 2 aliphatic rings. The van der Waals surface area contributed by atoms with Crippen molar-refractivity contribution in [1.82, 2.24) is 4.90 Å². The molecule has 2 saturated heterocycles. The van der Waals surface area contributed by atoms with Crippen LogP contribution in [0.15, 0.2) is 30.3 Å². The van der Waals surface area contributed by atoms with Gasteiger partial charge in [-0.25, -0.2) is 0 Å². The Bertz CT molecular complexity index is 569. The molecule has 0 aromatic heterocycles. The third kappa shape index (κ3) is 3.43. The Kier molecular flexibility index (Phi) is 5.03. The summed E-state index contributed by atoms with van der Waals surface area (Å²) >= 11 is 0. The van der Waals surface area contributed by atoms with Gasteiger partial charge in [-0.1, -0.05) is 30.3 Å². The average Bonchev–Trinajstić information content (AvgIpc) is 2.63. The van der Waals surface area contributed by atoms with Crippen molar-refractivity contribution in [3.05, 3.63) is 35.9 Å². The van der Waals surface area contributed by atoms with Crippen molar-refractivity contribution >= 4 is 5.91 Å². The SMILES string of the molecule is C#CCC1(C(=O)N2CCCC(c3ccccc3)C2)CCOCC1. The zero-order valence-electron chi connectivity index (χ0n) is 13.7. The lowest BCUT2D eigenvalue weighted by atomic mass is 9.75. The van der Waals surface area contributed by atoms with E-state index in [1.165, 1.54) is 5.56 Å². The van der Waals surface area contributed by atoms with Crippen molar-refractivity contribution in [1.29, 1.82) is 0 Å². The maximum absolute atomic E-state index is 13.2. The van der Waals surface area contributed by atoms with E-state index in [1.54, 1.807) is 0 Å². The number of ether oxygens (including phenoxy) is 1. The van der Waals surface area contributed by atoms with E-state index < -0.39 is 5.41 Å². The predicted octanol–water partition coefficient (Wildman–Crippen LogP) is 3.21. The van der Waals surface area contributed by atoms with E-state index in [0.29, 0.717) is 25.6 Å². The average molecular weight is 311 g/mol. The number of benzene rings is 1. The standard InChI is InChI=1S/C20H25NO2/c1-2-10-20(11-14-23-15-12-20)19(22)21-13-6-9-18(16-21)17-7-4-3-5-8-17/h1,3-5,7-8,18H,6,9-16H2. The summed E-state index contributed by atoms with van der Waals surface area (Å²) in [6.07, 6.45) is 9.82. The number of carbonyl (C=O) groups excluding carboxylic acids is 1. The van der Waals surface area contributed by atoms with Gasteiger partial charge in [-0.3, -0.25) is 4.79 Å². The maximum atomic E-state index is 13.2. The molecule has 0 aliphatic carbocycles. The lowest BCUT2D eigenvalue weighted by Gasteiger charge is -2.42. The van der Waals surface area contributed by atoms with Crippen LogP contribution in [-0.2, 0) is 9.53 Å². The molecule has 0 radical (unpaired) electrons. The highest BCUT2D eigenvalue weighted by Gasteiger charge is 2.42. The summed E-state index contributed by atoms with van der Waals surface area (Å²) in [5, 5.41) is 0. The van der Waals surface area contributed by atoms with Crippen LogP contribution in [-0.4, -0.2) is 37.1 Å². The normalized spacial score (nSPS) is 24.0. The largest absolute Gasteiger partial charge is 0.381 e. The van der Waals surface area contributed by atoms with E-state index in [0.717, 1.165) is 38.8 Å². The number of likely N-dealkylation sites (tertiary alicyclic amines) is 1. The molecule has 1 atom stereocenters. The summed E-state index contributed by atoms with van der Waals surface area (Å²) < 4.78 is 5.46. The van der Waals surface area contributed by atoms with Gasteiger partial charge in [0.1, 0.15) is 0 Å². The number of hydrogen-bond donors (Lipinski definition) is 0. The van der Waals surface area contributed by atoms with Crippen molar-refractivity contribution in [2.75, 3.05) is 26.3 Å². The third-order valence-corrected chi connectivity index (χ3v) is 5.32. The molecule has 2 fully saturated rings. The van der Waals surface area contributed by atoms with Crippen LogP contribution in [0.4, 0.5) is 0 Å². The van der Waals surface area contributed by atoms with Crippen LogP contribution in [0.5, 0.6) is 0 Å². The summed E-state index contributed by atoms with van der Waals surface area (Å²) in [6, 6.07) is 10.5. The van der Waals surface area contributed by atoms with Gasteiger partial charge in [-0.15, -0.1) is 12.3 Å². The van der Waals surface area contributed by atoms with Crippen LogP contribution < -0.4 is 0 Å². The third-order valence-electron chi connectivity index (χ3n) is 5.32. The number of piperidine rings is 1. The number of amides is 1. The molecule has 1 amide bonds. The zero-order valence-corrected chi connectivity index (χ0v) is 13.7. The molecule has 0 bridgehead atoms. The highest BCUT2D eigenvalue weighted by molar-refractivity contribution is 5.83. The van der Waals surface area contributed by atoms with Crippen LogP contribution >= 0.6 is 0 Å². The number of carbonyl (C=O) groups is 1. The van der Waals surface area contributed by atoms with Crippen LogP contribution in [0.1, 0.15) is 43.6 Å². The molecule has 1 aromatic rings. The van der Waals surface area contributed by atoms with Gasteiger partial charge in [0.05, 0.1) is 5.41 Å². The Morgan fingerprint density at radius 3 is 2.74 bits per heavy atom. The monoisotopic (exact) mass is 311 g/mol. The minimum atomic E-state index is -0.397. The molecule has 1 unspecified atom stereocenters. The minimum absolute atomic E-state index is 0.249. The Morgan fingerprint density at radius 1 is 1.30 bits per heavy atom. The number of nitrogens with zero attached hydrogens (tertiary/aromatic N) is 1. The predicted molar refractivity (Wildman–Crippen MR) is 90.9 cm³/mol. The number of hydrogen-bond acceptors (Lipinski definition) is 2. The first-order valence-corrected chi connectivity index (χ1v) is 8.61. The highest BCUT2D eigenvalue weighted by atomic mass is 16.5. The second-order valence-electron chi connectivity index (χ2n) is 6.77. The van der Waals surface area contributed by atoms with E-state index in [-0.39, 0.29) is 5.91 Å². The molecule has 2 heterocycles. The van der Waals surface area contributed by atoms with Crippen LogP contribution in [0.3, 0.4) is 0 Å². The van der Waals surface area contributed by atoms with Gasteiger partial charge >= 0.3 is 0 Å². The first-order valence-electron chi connectivity index (χ1n) is 8.61. The summed E-state index contributed by atoms with van der Waals surface area (Å²) in [5.41, 5.74) is 0.939. The van der Waals surface area contributed by atoms with Gasteiger partial charge in [0.2, 0.25) is 5.91 Å². The molecule has 23 heavy (non-hydrogen) atoms. The molecule has 122 valence electrons. The Hall–Kier alpha value is -1.79. The van der Waals surface area contributed by atoms with Gasteiger partial charge in [0.25, 0.3) is 0 Å². The van der Waals surface area contributed by atoms with E-state index in [1.807, 2.05) is 6.07 Å². The molecular formula is C20H25NO2. The summed E-state index contributed by atoms with van der Waals surface area (Å²) in [6.45, 7) is 2.96. The minimum Gasteiger partial charge on any atom is -0.381 e. The van der Waals surface area contributed by atoms with Crippen molar-refractivity contribution < 1.29 is 9.53 Å². The lowest BCUT2D eigenvalue weighted by Crippen LogP contribution is -2.49. The van der Waals surface area contributed by atoms with Crippen molar-refractivity contribution in [2.24, 2.45) is 5.41 Å². The summed E-state index contributed by atoms with van der Waals surface area (Å²) in [7, 11) is 0. The number of rotatable bonds is 3. The van der Waals surface area contributed by atoms with E-state index in [2.05, 4.69) is 35.1 Å². The first kappa shape index (κ1) is 16.1. The molecule has 3 rings (SSSR count). The van der Waals surface area contributed by atoms with Crippen LogP contribution in [0, 0.1) is 17.8 Å². The Balaban J connectivity index is 1.74. The first-order chi connectivity index (χ1) is 11.2. The topological polar surface area (TPSA) is 29.5 Å². The number of terminal acetylenes is 1. The molecule has 3 nitrogen and oxygen atoms in total. The van der Waals surface area contributed by atoms with Crippen molar-refractivity contribution in [3.8, 4) is 12.3 Å².